The third kappa shape index (κ3) is 2.66. The number of fused-ring (bicyclic) bond motifs is 3. The molecule has 1 aliphatic rings. The molecule has 2 aromatic carbocycles. The Kier molecular flexibility index (Phi) is 3.93. The van der Waals surface area contributed by atoms with E-state index in [1.807, 2.05) is 29.2 Å². The van der Waals surface area contributed by atoms with Gasteiger partial charge in [0, 0.05) is 36.1 Å². The van der Waals surface area contributed by atoms with Crippen LogP contribution in [0.1, 0.15) is 29.3 Å². The number of phenols is 1. The smallest absolute Gasteiger partial charge is 0.224 e. The van der Waals surface area contributed by atoms with Crippen molar-refractivity contribution in [1.29, 1.82) is 0 Å². The fraction of sp³-hybridized carbons (Fsp3) is 0.250. The molecule has 4 rings (SSSR count). The predicted octanol–water partition coefficient (Wildman–Crippen LogP) is 2.70. The number of aromatic hydroxyl groups is 1. The molecule has 0 aliphatic carbocycles. The topological polar surface area (TPSA) is 82.4 Å². The quantitative estimate of drug-likeness (QED) is 0.688. The Bertz CT molecular complexity index is 932. The van der Waals surface area contributed by atoms with Crippen LogP contribution in [0.2, 0.25) is 0 Å². The van der Waals surface area contributed by atoms with Crippen molar-refractivity contribution in [1.82, 2.24) is 9.88 Å². The van der Waals surface area contributed by atoms with Gasteiger partial charge in [-0.25, -0.2) is 0 Å². The molecule has 0 spiro atoms. The predicted molar refractivity (Wildman–Crippen MR) is 97.3 cm³/mol. The number of carbonyl (C=O) groups excluding carboxylic acids is 1. The Morgan fingerprint density at radius 2 is 2.08 bits per heavy atom. The number of phenolic OH excluding ortho intramolecular Hbond substituents is 1. The number of aromatic amines is 1. The summed E-state index contributed by atoms with van der Waals surface area (Å²) >= 11 is 0. The van der Waals surface area contributed by atoms with Crippen molar-refractivity contribution in [3.8, 4) is 5.75 Å². The number of benzene rings is 2. The summed E-state index contributed by atoms with van der Waals surface area (Å²) in [6.07, 6.45) is 1.13. The van der Waals surface area contributed by atoms with Crippen LogP contribution in [-0.4, -0.2) is 34.0 Å². The molecule has 1 aliphatic heterocycles. The summed E-state index contributed by atoms with van der Waals surface area (Å²) < 4.78 is 0. The number of carbonyl (C=O) groups is 1. The third-order valence-corrected chi connectivity index (χ3v) is 4.90. The number of nitrogens with two attached hydrogens (primary N) is 1. The van der Waals surface area contributed by atoms with Crippen LogP contribution in [0.15, 0.2) is 48.5 Å². The maximum Gasteiger partial charge on any atom is 0.224 e. The second-order valence-corrected chi connectivity index (χ2v) is 6.44. The molecular formula is C20H21N3O2. The number of hydrogen-bond acceptors (Lipinski definition) is 3. The van der Waals surface area contributed by atoms with E-state index >= 15 is 0 Å². The Balaban J connectivity index is 1.88. The lowest BCUT2D eigenvalue weighted by Gasteiger charge is -2.36. The second kappa shape index (κ2) is 6.26. The minimum Gasteiger partial charge on any atom is -0.508 e. The van der Waals surface area contributed by atoms with E-state index in [0.29, 0.717) is 19.5 Å². The fourth-order valence-electron chi connectivity index (χ4n) is 3.82. The maximum atomic E-state index is 12.7. The minimum absolute atomic E-state index is 0.0418. The molecule has 128 valence electrons. The molecule has 5 heteroatoms. The van der Waals surface area contributed by atoms with E-state index in [-0.39, 0.29) is 17.7 Å². The number of hydrogen-bond donors (Lipinski definition) is 3. The molecule has 1 aromatic heterocycles. The van der Waals surface area contributed by atoms with Crippen LogP contribution < -0.4 is 5.73 Å². The number of aromatic nitrogens is 1. The average Bonchev–Trinajstić information content (AvgIpc) is 2.99. The Hall–Kier alpha value is -2.79. The zero-order valence-corrected chi connectivity index (χ0v) is 13.9. The molecule has 1 amide bonds. The van der Waals surface area contributed by atoms with Crippen molar-refractivity contribution in [2.75, 3.05) is 13.1 Å². The molecule has 5 nitrogen and oxygen atoms in total. The zero-order chi connectivity index (χ0) is 17.4. The van der Waals surface area contributed by atoms with E-state index in [9.17, 15) is 9.90 Å². The first-order valence-corrected chi connectivity index (χ1v) is 8.57. The molecule has 1 atom stereocenters. The normalized spacial score (nSPS) is 16.8. The van der Waals surface area contributed by atoms with Gasteiger partial charge in [-0.15, -0.1) is 0 Å². The molecule has 4 N–H and O–H groups in total. The number of para-hydroxylation sites is 1. The SMILES string of the molecule is NCCC(=O)N1CCc2c([nH]c3ccccc23)C1c1cccc(O)c1. The largest absolute Gasteiger partial charge is 0.508 e. The van der Waals surface area contributed by atoms with Crippen molar-refractivity contribution < 1.29 is 9.90 Å². The number of nitrogens with one attached hydrogen (secondary N) is 1. The molecule has 0 radical (unpaired) electrons. The van der Waals surface area contributed by atoms with Gasteiger partial charge in [-0.1, -0.05) is 30.3 Å². The van der Waals surface area contributed by atoms with Crippen LogP contribution in [0.3, 0.4) is 0 Å². The standard InChI is InChI=1S/C20H21N3O2/c21-10-8-18(25)23-11-9-16-15-6-1-2-7-17(15)22-19(16)20(23)13-4-3-5-14(24)12-13/h1-7,12,20,22,24H,8-11,21H2. The monoisotopic (exact) mass is 335 g/mol. The van der Waals surface area contributed by atoms with Crippen LogP contribution in [0.25, 0.3) is 10.9 Å². The van der Waals surface area contributed by atoms with Crippen LogP contribution in [-0.2, 0) is 11.2 Å². The maximum absolute atomic E-state index is 12.7. The summed E-state index contributed by atoms with van der Waals surface area (Å²) in [6.45, 7) is 0.982. The second-order valence-electron chi connectivity index (χ2n) is 6.44. The Morgan fingerprint density at radius 1 is 1.24 bits per heavy atom. The lowest BCUT2D eigenvalue weighted by Crippen LogP contribution is -2.41. The van der Waals surface area contributed by atoms with Gasteiger partial charge in [0.05, 0.1) is 6.04 Å². The van der Waals surface area contributed by atoms with Gasteiger partial charge in [0.25, 0.3) is 0 Å². The Morgan fingerprint density at radius 3 is 2.88 bits per heavy atom. The van der Waals surface area contributed by atoms with Crippen LogP contribution in [0, 0.1) is 0 Å². The van der Waals surface area contributed by atoms with Crippen LogP contribution in [0.4, 0.5) is 0 Å². The molecule has 25 heavy (non-hydrogen) atoms. The molecule has 1 unspecified atom stereocenters. The third-order valence-electron chi connectivity index (χ3n) is 4.90. The summed E-state index contributed by atoms with van der Waals surface area (Å²) in [7, 11) is 0. The van der Waals surface area contributed by atoms with Gasteiger partial charge in [0.2, 0.25) is 5.91 Å². The molecule has 0 saturated carbocycles. The van der Waals surface area contributed by atoms with Crippen LogP contribution >= 0.6 is 0 Å². The van der Waals surface area contributed by atoms with Gasteiger partial charge in [-0.3, -0.25) is 4.79 Å². The average molecular weight is 335 g/mol. The summed E-state index contributed by atoms with van der Waals surface area (Å²) in [4.78, 5) is 18.0. The number of nitrogens with zero attached hydrogens (tertiary/aromatic N) is 1. The van der Waals surface area contributed by atoms with E-state index in [4.69, 9.17) is 5.73 Å². The minimum atomic E-state index is -0.234. The van der Waals surface area contributed by atoms with E-state index in [1.54, 1.807) is 12.1 Å². The van der Waals surface area contributed by atoms with E-state index in [1.165, 1.54) is 10.9 Å². The lowest BCUT2D eigenvalue weighted by atomic mass is 9.92. The number of amides is 1. The van der Waals surface area contributed by atoms with Crippen molar-refractivity contribution in [3.63, 3.8) is 0 Å². The van der Waals surface area contributed by atoms with Crippen LogP contribution in [0.5, 0.6) is 5.75 Å². The summed E-state index contributed by atoms with van der Waals surface area (Å²) in [6, 6.07) is 15.1. The van der Waals surface area contributed by atoms with Gasteiger partial charge in [0.15, 0.2) is 0 Å². The first kappa shape index (κ1) is 15.7. The van der Waals surface area contributed by atoms with Crippen molar-refractivity contribution in [3.05, 3.63) is 65.4 Å². The number of H-pyrrole nitrogens is 1. The molecule has 0 fully saturated rings. The molecule has 0 bridgehead atoms. The van der Waals surface area contributed by atoms with Crippen molar-refractivity contribution in [2.24, 2.45) is 5.73 Å². The summed E-state index contributed by atoms with van der Waals surface area (Å²) in [5.41, 5.74) is 9.86. The van der Waals surface area contributed by atoms with Gasteiger partial charge in [-0.05, 0) is 35.7 Å². The first-order chi connectivity index (χ1) is 12.2. The fourth-order valence-corrected chi connectivity index (χ4v) is 3.82. The lowest BCUT2D eigenvalue weighted by molar-refractivity contribution is -0.133. The van der Waals surface area contributed by atoms with Gasteiger partial charge in [-0.2, -0.15) is 0 Å². The van der Waals surface area contributed by atoms with Crippen molar-refractivity contribution >= 4 is 16.8 Å². The molecule has 0 saturated heterocycles. The van der Waals surface area contributed by atoms with E-state index in [2.05, 4.69) is 17.1 Å². The summed E-state index contributed by atoms with van der Waals surface area (Å²) in [5.74, 6) is 0.243. The highest BCUT2D eigenvalue weighted by Crippen LogP contribution is 2.39. The first-order valence-electron chi connectivity index (χ1n) is 8.57. The Labute approximate surface area is 146 Å². The van der Waals surface area contributed by atoms with Crippen molar-refractivity contribution in [2.45, 2.75) is 18.9 Å². The highest BCUT2D eigenvalue weighted by atomic mass is 16.3. The summed E-state index contributed by atoms with van der Waals surface area (Å²) in [5, 5.41) is 11.1. The number of rotatable bonds is 3. The van der Waals surface area contributed by atoms with E-state index < -0.39 is 0 Å². The van der Waals surface area contributed by atoms with E-state index in [0.717, 1.165) is 23.2 Å². The highest BCUT2D eigenvalue weighted by Gasteiger charge is 2.34. The van der Waals surface area contributed by atoms with Gasteiger partial charge < -0.3 is 20.7 Å². The molecular weight excluding hydrogens is 314 g/mol. The molecule has 2 heterocycles. The molecule has 3 aromatic rings. The van der Waals surface area contributed by atoms with Gasteiger partial charge >= 0.3 is 0 Å². The highest BCUT2D eigenvalue weighted by molar-refractivity contribution is 5.86. The zero-order valence-electron chi connectivity index (χ0n) is 13.9. The van der Waals surface area contributed by atoms with Gasteiger partial charge in [0.1, 0.15) is 5.75 Å².